The highest BCUT2D eigenvalue weighted by atomic mass is 19.1. The number of hydrogen-bond acceptors (Lipinski definition) is 4. The molecular formula is C11H12FN3O4. The van der Waals surface area contributed by atoms with Crippen molar-refractivity contribution in [2.24, 2.45) is 0 Å². The Bertz CT molecular complexity index is 519. The lowest BCUT2D eigenvalue weighted by Gasteiger charge is -2.06. The molecule has 0 fully saturated rings. The standard InChI is InChI=1S/C11H12FN3O4/c1-2-13-10(16)6-14-11(17)8-5-7(15(18)19)3-4-9(8)12/h3-5H,2,6H2,1H3,(H,13,16)(H,14,17). The minimum absolute atomic E-state index is 0.325. The van der Waals surface area contributed by atoms with Gasteiger partial charge in [-0.05, 0) is 13.0 Å². The van der Waals surface area contributed by atoms with Gasteiger partial charge in [0.05, 0.1) is 17.0 Å². The summed E-state index contributed by atoms with van der Waals surface area (Å²) in [6.07, 6.45) is 0. The summed E-state index contributed by atoms with van der Waals surface area (Å²) in [7, 11) is 0. The number of halogens is 1. The number of hydrogen-bond donors (Lipinski definition) is 2. The molecule has 7 nitrogen and oxygen atoms in total. The third kappa shape index (κ3) is 4.02. The van der Waals surface area contributed by atoms with Gasteiger partial charge in [0.25, 0.3) is 11.6 Å². The molecule has 2 N–H and O–H groups in total. The van der Waals surface area contributed by atoms with Crippen LogP contribution in [0, 0.1) is 15.9 Å². The zero-order valence-corrected chi connectivity index (χ0v) is 10.1. The molecule has 0 aliphatic rings. The number of nitrogens with one attached hydrogen (secondary N) is 2. The molecule has 0 saturated carbocycles. The van der Waals surface area contributed by atoms with Gasteiger partial charge >= 0.3 is 0 Å². The Morgan fingerprint density at radius 2 is 2.05 bits per heavy atom. The Kier molecular flexibility index (Phi) is 4.92. The lowest BCUT2D eigenvalue weighted by molar-refractivity contribution is -0.384. The summed E-state index contributed by atoms with van der Waals surface area (Å²) in [6, 6.07) is 2.61. The van der Waals surface area contributed by atoms with Crippen molar-refractivity contribution in [2.75, 3.05) is 13.1 Å². The Morgan fingerprint density at radius 3 is 2.63 bits per heavy atom. The van der Waals surface area contributed by atoms with Gasteiger partial charge in [0, 0.05) is 18.7 Å². The Balaban J connectivity index is 2.79. The molecule has 0 aromatic heterocycles. The smallest absolute Gasteiger partial charge is 0.270 e. The number of likely N-dealkylation sites (N-methyl/N-ethyl adjacent to an activating group) is 1. The number of carbonyl (C=O) groups is 2. The molecule has 0 heterocycles. The number of amides is 2. The monoisotopic (exact) mass is 269 g/mol. The first-order chi connectivity index (χ1) is 8.95. The molecule has 0 unspecified atom stereocenters. The van der Waals surface area contributed by atoms with Crippen molar-refractivity contribution in [3.05, 3.63) is 39.7 Å². The molecule has 8 heteroatoms. The fraction of sp³-hybridized carbons (Fsp3) is 0.273. The zero-order chi connectivity index (χ0) is 14.4. The molecule has 0 spiro atoms. The van der Waals surface area contributed by atoms with E-state index in [0.717, 1.165) is 18.2 Å². The molecule has 19 heavy (non-hydrogen) atoms. The SMILES string of the molecule is CCNC(=O)CNC(=O)c1cc([N+](=O)[O-])ccc1F. The van der Waals surface area contributed by atoms with E-state index < -0.39 is 33.8 Å². The maximum atomic E-state index is 13.4. The largest absolute Gasteiger partial charge is 0.355 e. The highest BCUT2D eigenvalue weighted by molar-refractivity contribution is 5.97. The van der Waals surface area contributed by atoms with Crippen molar-refractivity contribution >= 4 is 17.5 Å². The summed E-state index contributed by atoms with van der Waals surface area (Å²) >= 11 is 0. The first-order valence-corrected chi connectivity index (χ1v) is 5.44. The maximum Gasteiger partial charge on any atom is 0.270 e. The topological polar surface area (TPSA) is 101 Å². The number of nitro groups is 1. The summed E-state index contributed by atoms with van der Waals surface area (Å²) in [5, 5.41) is 15.1. The van der Waals surface area contributed by atoms with Crippen LogP contribution in [-0.2, 0) is 4.79 Å². The highest BCUT2D eigenvalue weighted by Gasteiger charge is 2.17. The van der Waals surface area contributed by atoms with Crippen molar-refractivity contribution in [2.45, 2.75) is 6.92 Å². The lowest BCUT2D eigenvalue weighted by Crippen LogP contribution is -2.37. The minimum Gasteiger partial charge on any atom is -0.355 e. The molecule has 0 radical (unpaired) electrons. The summed E-state index contributed by atoms with van der Waals surface area (Å²) in [5.74, 6) is -2.20. The maximum absolute atomic E-state index is 13.4. The lowest BCUT2D eigenvalue weighted by atomic mass is 10.1. The van der Waals surface area contributed by atoms with Gasteiger partial charge in [0.15, 0.2) is 0 Å². The number of nitrogens with zero attached hydrogens (tertiary/aromatic N) is 1. The van der Waals surface area contributed by atoms with Crippen LogP contribution in [0.25, 0.3) is 0 Å². The molecule has 1 aromatic carbocycles. The van der Waals surface area contributed by atoms with E-state index in [1.807, 2.05) is 0 Å². The number of rotatable bonds is 5. The summed E-state index contributed by atoms with van der Waals surface area (Å²) in [5.41, 5.74) is -0.872. The van der Waals surface area contributed by atoms with Gasteiger partial charge in [-0.2, -0.15) is 0 Å². The molecule has 0 bridgehead atoms. The van der Waals surface area contributed by atoms with Crippen LogP contribution in [0.5, 0.6) is 0 Å². The highest BCUT2D eigenvalue weighted by Crippen LogP contribution is 2.16. The van der Waals surface area contributed by atoms with Gasteiger partial charge in [0.1, 0.15) is 5.82 Å². The van der Waals surface area contributed by atoms with E-state index in [2.05, 4.69) is 10.6 Å². The predicted octanol–water partition coefficient (Wildman–Crippen LogP) is 0.600. The first-order valence-electron chi connectivity index (χ1n) is 5.44. The molecule has 0 aliphatic carbocycles. The second kappa shape index (κ2) is 6.43. The Morgan fingerprint density at radius 1 is 1.37 bits per heavy atom. The van der Waals surface area contributed by atoms with Crippen LogP contribution in [-0.4, -0.2) is 29.8 Å². The van der Waals surface area contributed by atoms with Crippen LogP contribution in [0.1, 0.15) is 17.3 Å². The molecule has 0 saturated heterocycles. The molecule has 0 atom stereocenters. The average molecular weight is 269 g/mol. The number of benzene rings is 1. The zero-order valence-electron chi connectivity index (χ0n) is 10.1. The minimum atomic E-state index is -0.890. The van der Waals surface area contributed by atoms with Crippen LogP contribution in [0.15, 0.2) is 18.2 Å². The molecule has 1 rings (SSSR count). The van der Waals surface area contributed by atoms with E-state index in [-0.39, 0.29) is 6.54 Å². The molecule has 1 aromatic rings. The number of carbonyl (C=O) groups excluding carboxylic acids is 2. The third-order valence-corrected chi connectivity index (χ3v) is 2.19. The Hall–Kier alpha value is -2.51. The third-order valence-electron chi connectivity index (χ3n) is 2.19. The van der Waals surface area contributed by atoms with Crippen LogP contribution >= 0.6 is 0 Å². The summed E-state index contributed by atoms with van der Waals surface area (Å²) < 4.78 is 13.4. The average Bonchev–Trinajstić information content (AvgIpc) is 2.36. The van der Waals surface area contributed by atoms with Crippen molar-refractivity contribution in [3.8, 4) is 0 Å². The van der Waals surface area contributed by atoms with Gasteiger partial charge in [-0.1, -0.05) is 0 Å². The molecule has 102 valence electrons. The fourth-order valence-electron chi connectivity index (χ4n) is 1.32. The van der Waals surface area contributed by atoms with Crippen molar-refractivity contribution in [3.63, 3.8) is 0 Å². The van der Waals surface area contributed by atoms with E-state index >= 15 is 0 Å². The quantitative estimate of drug-likeness (QED) is 0.603. The van der Waals surface area contributed by atoms with E-state index in [1.54, 1.807) is 6.92 Å². The second-order valence-corrected chi connectivity index (χ2v) is 3.56. The van der Waals surface area contributed by atoms with Gasteiger partial charge in [-0.15, -0.1) is 0 Å². The fourth-order valence-corrected chi connectivity index (χ4v) is 1.32. The second-order valence-electron chi connectivity index (χ2n) is 3.56. The normalized spacial score (nSPS) is 9.79. The van der Waals surface area contributed by atoms with E-state index in [4.69, 9.17) is 0 Å². The van der Waals surface area contributed by atoms with Crippen LogP contribution < -0.4 is 10.6 Å². The van der Waals surface area contributed by atoms with Crippen molar-refractivity contribution in [1.82, 2.24) is 10.6 Å². The Labute approximate surface area is 107 Å². The predicted molar refractivity (Wildman–Crippen MR) is 64.1 cm³/mol. The van der Waals surface area contributed by atoms with Crippen molar-refractivity contribution in [1.29, 1.82) is 0 Å². The molecule has 0 aliphatic heterocycles. The van der Waals surface area contributed by atoms with Gasteiger partial charge in [0.2, 0.25) is 5.91 Å². The van der Waals surface area contributed by atoms with Gasteiger partial charge in [-0.25, -0.2) is 4.39 Å². The van der Waals surface area contributed by atoms with E-state index in [9.17, 15) is 24.1 Å². The summed E-state index contributed by atoms with van der Waals surface area (Å²) in [4.78, 5) is 32.5. The van der Waals surface area contributed by atoms with Crippen LogP contribution in [0.2, 0.25) is 0 Å². The van der Waals surface area contributed by atoms with Crippen LogP contribution in [0.3, 0.4) is 0 Å². The number of nitro benzene ring substituents is 1. The van der Waals surface area contributed by atoms with E-state index in [1.165, 1.54) is 0 Å². The molecule has 2 amide bonds. The van der Waals surface area contributed by atoms with E-state index in [0.29, 0.717) is 6.54 Å². The van der Waals surface area contributed by atoms with Gasteiger partial charge in [-0.3, -0.25) is 19.7 Å². The van der Waals surface area contributed by atoms with Crippen LogP contribution in [0.4, 0.5) is 10.1 Å². The van der Waals surface area contributed by atoms with Gasteiger partial charge < -0.3 is 10.6 Å². The molecular weight excluding hydrogens is 257 g/mol. The first kappa shape index (κ1) is 14.6. The van der Waals surface area contributed by atoms with Crippen molar-refractivity contribution < 1.29 is 18.9 Å². The number of non-ortho nitro benzene ring substituents is 1. The summed E-state index contributed by atoms with van der Waals surface area (Å²) in [6.45, 7) is 1.79.